The van der Waals surface area contributed by atoms with Crippen LogP contribution in [-0.2, 0) is 4.79 Å². The van der Waals surface area contributed by atoms with Crippen molar-refractivity contribution in [1.29, 1.82) is 0 Å². The van der Waals surface area contributed by atoms with Crippen LogP contribution in [0, 0.1) is 0 Å². The summed E-state index contributed by atoms with van der Waals surface area (Å²) in [6.45, 7) is 0.142. The van der Waals surface area contributed by atoms with Gasteiger partial charge in [-0.25, -0.2) is 0 Å². The second-order valence-electron chi connectivity index (χ2n) is 4.93. The van der Waals surface area contributed by atoms with Gasteiger partial charge < -0.3 is 16.2 Å². The molecule has 0 aromatic heterocycles. The molecule has 0 saturated heterocycles. The first-order valence-corrected chi connectivity index (χ1v) is 6.57. The molecule has 1 atom stereocenters. The third kappa shape index (κ3) is 2.09. The third-order valence-corrected chi connectivity index (χ3v) is 3.68. The first kappa shape index (κ1) is 12.8. The first-order chi connectivity index (χ1) is 9.68. The summed E-state index contributed by atoms with van der Waals surface area (Å²) >= 11 is 0. The molecule has 0 radical (unpaired) electrons. The molecule has 0 bridgehead atoms. The Morgan fingerprint density at radius 2 is 1.60 bits per heavy atom. The van der Waals surface area contributed by atoms with E-state index in [1.165, 1.54) is 11.1 Å². The molecule has 4 N–H and O–H groups in total. The predicted octanol–water partition coefficient (Wildman–Crippen LogP) is 1.19. The molecule has 0 saturated carbocycles. The Morgan fingerprint density at radius 1 is 1.10 bits per heavy atom. The van der Waals surface area contributed by atoms with Crippen molar-refractivity contribution in [3.8, 4) is 11.1 Å². The van der Waals surface area contributed by atoms with Crippen LogP contribution in [-0.4, -0.2) is 23.7 Å². The fourth-order valence-electron chi connectivity index (χ4n) is 2.71. The maximum Gasteiger partial charge on any atom is 0.247 e. The fraction of sp³-hybridized carbons (Fsp3) is 0.188. The van der Waals surface area contributed by atoms with Gasteiger partial charge in [-0.3, -0.25) is 4.79 Å². The lowest BCUT2D eigenvalue weighted by atomic mass is 10.1. The number of aliphatic hydroxyl groups is 1. The molecule has 1 amide bonds. The summed E-state index contributed by atoms with van der Waals surface area (Å²) in [5.41, 5.74) is 9.77. The van der Waals surface area contributed by atoms with Crippen molar-refractivity contribution >= 4 is 5.91 Å². The van der Waals surface area contributed by atoms with Crippen LogP contribution in [0.1, 0.15) is 17.2 Å². The van der Waals surface area contributed by atoms with Gasteiger partial charge in [-0.1, -0.05) is 48.5 Å². The van der Waals surface area contributed by atoms with Crippen LogP contribution in [0.3, 0.4) is 0 Å². The van der Waals surface area contributed by atoms with Gasteiger partial charge in [-0.2, -0.15) is 0 Å². The minimum atomic E-state index is -1.17. The topological polar surface area (TPSA) is 75.4 Å². The predicted molar refractivity (Wildman–Crippen MR) is 76.9 cm³/mol. The summed E-state index contributed by atoms with van der Waals surface area (Å²) in [5, 5.41) is 12.8. The molecule has 1 unspecified atom stereocenters. The van der Waals surface area contributed by atoms with E-state index in [1.54, 1.807) is 0 Å². The highest BCUT2D eigenvalue weighted by molar-refractivity contribution is 5.79. The zero-order chi connectivity index (χ0) is 14.1. The summed E-state index contributed by atoms with van der Waals surface area (Å²) in [6.07, 6.45) is -1.17. The summed E-state index contributed by atoms with van der Waals surface area (Å²) in [7, 11) is 0. The highest BCUT2D eigenvalue weighted by atomic mass is 16.3. The highest BCUT2D eigenvalue weighted by Crippen LogP contribution is 2.42. The molecule has 0 spiro atoms. The van der Waals surface area contributed by atoms with Gasteiger partial charge in [0.25, 0.3) is 0 Å². The monoisotopic (exact) mass is 268 g/mol. The second-order valence-corrected chi connectivity index (χ2v) is 4.93. The van der Waals surface area contributed by atoms with Gasteiger partial charge in [-0.15, -0.1) is 0 Å². The molecule has 0 heterocycles. The number of benzene rings is 2. The third-order valence-electron chi connectivity index (χ3n) is 3.68. The van der Waals surface area contributed by atoms with Crippen molar-refractivity contribution in [2.75, 3.05) is 6.54 Å². The number of fused-ring (bicyclic) bond motifs is 3. The van der Waals surface area contributed by atoms with E-state index in [2.05, 4.69) is 29.6 Å². The number of hydrogen-bond donors (Lipinski definition) is 3. The Hall–Kier alpha value is -2.17. The maximum absolute atomic E-state index is 10.9. The zero-order valence-electron chi connectivity index (χ0n) is 10.9. The number of primary amides is 1. The molecule has 4 nitrogen and oxygen atoms in total. The number of amides is 1. The molecule has 2 aromatic carbocycles. The molecule has 2 aromatic rings. The van der Waals surface area contributed by atoms with Crippen LogP contribution in [0.5, 0.6) is 0 Å². The maximum atomic E-state index is 10.9. The van der Waals surface area contributed by atoms with Gasteiger partial charge >= 0.3 is 0 Å². The van der Waals surface area contributed by atoms with Crippen LogP contribution < -0.4 is 11.1 Å². The van der Waals surface area contributed by atoms with Gasteiger partial charge in [0.1, 0.15) is 6.10 Å². The quantitative estimate of drug-likeness (QED) is 0.779. The van der Waals surface area contributed by atoms with Crippen LogP contribution >= 0.6 is 0 Å². The van der Waals surface area contributed by atoms with E-state index in [0.29, 0.717) is 0 Å². The number of nitrogens with two attached hydrogens (primary N) is 1. The Labute approximate surface area is 117 Å². The molecular formula is C16H16N2O2. The first-order valence-electron chi connectivity index (χ1n) is 6.57. The van der Waals surface area contributed by atoms with E-state index in [-0.39, 0.29) is 12.6 Å². The molecule has 1 aliphatic carbocycles. The lowest BCUT2D eigenvalue weighted by molar-refractivity contribution is -0.125. The van der Waals surface area contributed by atoms with E-state index >= 15 is 0 Å². The molecule has 3 rings (SSSR count). The average Bonchev–Trinajstić information content (AvgIpc) is 2.79. The molecule has 20 heavy (non-hydrogen) atoms. The number of rotatable bonds is 4. The lowest BCUT2D eigenvalue weighted by Crippen LogP contribution is -2.38. The molecule has 4 heteroatoms. The van der Waals surface area contributed by atoms with Gasteiger partial charge in [0, 0.05) is 6.54 Å². The summed E-state index contributed by atoms with van der Waals surface area (Å²) in [6, 6.07) is 16.3. The number of carbonyl (C=O) groups excluding carboxylic acids is 1. The van der Waals surface area contributed by atoms with Crippen molar-refractivity contribution in [2.45, 2.75) is 12.1 Å². The van der Waals surface area contributed by atoms with Crippen molar-refractivity contribution in [3.63, 3.8) is 0 Å². The Kier molecular flexibility index (Phi) is 3.26. The number of hydrogen-bond acceptors (Lipinski definition) is 3. The standard InChI is InChI=1S/C16H16N2O2/c17-16(20)14(19)9-18-15-12-7-3-1-5-10(12)11-6-2-4-8-13(11)15/h1-8,14-15,18-19H,9H2,(H2,17,20). The molecule has 1 aliphatic rings. The van der Waals surface area contributed by atoms with E-state index in [9.17, 15) is 9.90 Å². The van der Waals surface area contributed by atoms with E-state index in [1.807, 2.05) is 24.3 Å². The van der Waals surface area contributed by atoms with E-state index in [4.69, 9.17) is 5.73 Å². The molecular weight excluding hydrogens is 252 g/mol. The zero-order valence-corrected chi connectivity index (χ0v) is 10.9. The highest BCUT2D eigenvalue weighted by Gasteiger charge is 2.28. The molecule has 0 aliphatic heterocycles. The largest absolute Gasteiger partial charge is 0.382 e. The van der Waals surface area contributed by atoms with Crippen molar-refractivity contribution < 1.29 is 9.90 Å². The van der Waals surface area contributed by atoms with Crippen molar-refractivity contribution in [1.82, 2.24) is 5.32 Å². The smallest absolute Gasteiger partial charge is 0.247 e. The molecule has 0 fully saturated rings. The number of aliphatic hydroxyl groups excluding tert-OH is 1. The van der Waals surface area contributed by atoms with Gasteiger partial charge in [0.15, 0.2) is 0 Å². The fourth-order valence-corrected chi connectivity index (χ4v) is 2.71. The Morgan fingerprint density at radius 3 is 2.10 bits per heavy atom. The van der Waals surface area contributed by atoms with Crippen LogP contribution in [0.2, 0.25) is 0 Å². The molecule has 102 valence electrons. The Balaban J connectivity index is 1.93. The van der Waals surface area contributed by atoms with Crippen LogP contribution in [0.15, 0.2) is 48.5 Å². The number of nitrogens with one attached hydrogen (secondary N) is 1. The van der Waals surface area contributed by atoms with Crippen molar-refractivity contribution in [2.24, 2.45) is 5.73 Å². The van der Waals surface area contributed by atoms with E-state index in [0.717, 1.165) is 11.1 Å². The van der Waals surface area contributed by atoms with Gasteiger partial charge in [0.05, 0.1) is 6.04 Å². The number of carbonyl (C=O) groups is 1. The normalized spacial score (nSPS) is 14.7. The minimum Gasteiger partial charge on any atom is -0.382 e. The van der Waals surface area contributed by atoms with Gasteiger partial charge in [0.2, 0.25) is 5.91 Å². The summed E-state index contributed by atoms with van der Waals surface area (Å²) < 4.78 is 0. The minimum absolute atomic E-state index is 0.0172. The SMILES string of the molecule is NC(=O)C(O)CNC1c2ccccc2-c2ccccc21. The van der Waals surface area contributed by atoms with E-state index < -0.39 is 12.0 Å². The second kappa shape index (κ2) is 5.07. The summed E-state index contributed by atoms with van der Waals surface area (Å²) in [4.78, 5) is 10.9. The van der Waals surface area contributed by atoms with Crippen LogP contribution in [0.25, 0.3) is 11.1 Å². The average molecular weight is 268 g/mol. The van der Waals surface area contributed by atoms with Crippen LogP contribution in [0.4, 0.5) is 0 Å². The van der Waals surface area contributed by atoms with Crippen molar-refractivity contribution in [3.05, 3.63) is 59.7 Å². The summed E-state index contributed by atoms with van der Waals surface area (Å²) in [5.74, 6) is -0.711. The van der Waals surface area contributed by atoms with Gasteiger partial charge in [-0.05, 0) is 22.3 Å². The lowest BCUT2D eigenvalue weighted by Gasteiger charge is -2.17. The Bertz CT molecular complexity index is 609.